The fourth-order valence-corrected chi connectivity index (χ4v) is 3.33. The molecule has 0 fully saturated rings. The molecule has 0 spiro atoms. The van der Waals surface area contributed by atoms with Crippen molar-refractivity contribution in [2.75, 3.05) is 6.54 Å². The van der Waals surface area contributed by atoms with Crippen molar-refractivity contribution in [3.8, 4) is 0 Å². The fraction of sp³-hybridized carbons (Fsp3) is 0.444. The number of rotatable bonds is 4. The molecular weight excluding hydrogens is 274 g/mol. The summed E-state index contributed by atoms with van der Waals surface area (Å²) in [6, 6.07) is 8.73. The first-order valence-corrected chi connectivity index (χ1v) is 8.05. The van der Waals surface area contributed by atoms with E-state index in [0.717, 1.165) is 24.9 Å². The zero-order chi connectivity index (χ0) is 15.5. The highest BCUT2D eigenvalue weighted by molar-refractivity contribution is 5.77. The molecule has 0 aliphatic carbocycles. The second-order valence-corrected chi connectivity index (χ2v) is 5.99. The maximum atomic E-state index is 12.6. The Morgan fingerprint density at radius 2 is 2.18 bits per heavy atom. The van der Waals surface area contributed by atoms with Crippen LogP contribution >= 0.6 is 0 Å². The zero-order valence-electron chi connectivity index (χ0n) is 13.3. The molecule has 22 heavy (non-hydrogen) atoms. The quantitative estimate of drug-likeness (QED) is 0.869. The number of fused-ring (bicyclic) bond motifs is 1. The van der Waals surface area contributed by atoms with Gasteiger partial charge in [-0.05, 0) is 36.5 Å². The van der Waals surface area contributed by atoms with Crippen LogP contribution in [0.25, 0.3) is 0 Å². The Labute approximate surface area is 131 Å². The molecule has 4 nitrogen and oxygen atoms in total. The van der Waals surface area contributed by atoms with Crippen molar-refractivity contribution in [3.05, 3.63) is 53.3 Å². The molecule has 3 rings (SSSR count). The van der Waals surface area contributed by atoms with Crippen molar-refractivity contribution >= 4 is 5.91 Å². The average Bonchev–Trinajstić information content (AvgIpc) is 2.97. The Hall–Kier alpha value is -2.10. The van der Waals surface area contributed by atoms with Crippen LogP contribution in [-0.4, -0.2) is 27.1 Å². The third-order valence-electron chi connectivity index (χ3n) is 4.44. The van der Waals surface area contributed by atoms with Gasteiger partial charge in [0, 0.05) is 25.7 Å². The maximum Gasteiger partial charge on any atom is 0.224 e. The first-order chi connectivity index (χ1) is 10.7. The molecule has 1 atom stereocenters. The first kappa shape index (κ1) is 14.8. The summed E-state index contributed by atoms with van der Waals surface area (Å²) in [5.74, 6) is 0.231. The lowest BCUT2D eigenvalue weighted by atomic mass is 9.91. The Bertz CT molecular complexity index is 662. The standard InChI is InChI=1S/C18H23N3O/c1-3-17-16-7-5-4-6-15(16)8-11-21(17)18(22)9-10-20-13-14(2)12-19-20/h4-7,12-13,17H,3,8-11H2,1-2H3. The summed E-state index contributed by atoms with van der Waals surface area (Å²) in [6.45, 7) is 5.65. The predicted octanol–water partition coefficient (Wildman–Crippen LogP) is 3.12. The predicted molar refractivity (Wildman–Crippen MR) is 86.5 cm³/mol. The van der Waals surface area contributed by atoms with E-state index in [1.165, 1.54) is 11.1 Å². The van der Waals surface area contributed by atoms with Crippen LogP contribution in [-0.2, 0) is 17.8 Å². The SMILES string of the molecule is CCC1c2ccccc2CCN1C(=O)CCn1cc(C)cn1. The van der Waals surface area contributed by atoms with Gasteiger partial charge in [-0.15, -0.1) is 0 Å². The third kappa shape index (κ3) is 2.91. The Balaban J connectivity index is 1.70. The van der Waals surface area contributed by atoms with Gasteiger partial charge >= 0.3 is 0 Å². The number of nitrogens with zero attached hydrogens (tertiary/aromatic N) is 3. The Morgan fingerprint density at radius 1 is 1.36 bits per heavy atom. The topological polar surface area (TPSA) is 38.1 Å². The van der Waals surface area contributed by atoms with E-state index in [1.54, 1.807) is 0 Å². The monoisotopic (exact) mass is 297 g/mol. The molecule has 0 radical (unpaired) electrons. The molecule has 2 aromatic rings. The molecule has 0 bridgehead atoms. The van der Waals surface area contributed by atoms with E-state index in [9.17, 15) is 4.79 Å². The minimum atomic E-state index is 0.219. The first-order valence-electron chi connectivity index (χ1n) is 8.05. The van der Waals surface area contributed by atoms with Crippen molar-refractivity contribution in [3.63, 3.8) is 0 Å². The number of carbonyl (C=O) groups excluding carboxylic acids is 1. The molecule has 1 amide bonds. The number of amides is 1. The van der Waals surface area contributed by atoms with Crippen molar-refractivity contribution < 1.29 is 4.79 Å². The number of carbonyl (C=O) groups is 1. The van der Waals surface area contributed by atoms with Gasteiger partial charge in [-0.3, -0.25) is 9.48 Å². The van der Waals surface area contributed by atoms with Gasteiger partial charge in [0.25, 0.3) is 0 Å². The lowest BCUT2D eigenvalue weighted by Crippen LogP contribution is -2.40. The number of aryl methyl sites for hydroxylation is 2. The Morgan fingerprint density at radius 3 is 2.91 bits per heavy atom. The molecule has 1 aromatic heterocycles. The molecule has 1 aromatic carbocycles. The van der Waals surface area contributed by atoms with Crippen molar-refractivity contribution in [1.29, 1.82) is 0 Å². The third-order valence-corrected chi connectivity index (χ3v) is 4.44. The molecule has 2 heterocycles. The van der Waals surface area contributed by atoms with Crippen LogP contribution in [0.2, 0.25) is 0 Å². The van der Waals surface area contributed by atoms with Crippen molar-refractivity contribution in [1.82, 2.24) is 14.7 Å². The van der Waals surface area contributed by atoms with E-state index in [2.05, 4.69) is 41.2 Å². The largest absolute Gasteiger partial charge is 0.335 e. The maximum absolute atomic E-state index is 12.6. The number of benzene rings is 1. The summed E-state index contributed by atoms with van der Waals surface area (Å²) >= 11 is 0. The van der Waals surface area contributed by atoms with Crippen LogP contribution in [0.5, 0.6) is 0 Å². The van der Waals surface area contributed by atoms with Gasteiger partial charge in [0.2, 0.25) is 5.91 Å². The van der Waals surface area contributed by atoms with Gasteiger partial charge in [-0.2, -0.15) is 5.10 Å². The highest BCUT2D eigenvalue weighted by atomic mass is 16.2. The van der Waals surface area contributed by atoms with E-state index >= 15 is 0 Å². The molecule has 0 N–H and O–H groups in total. The molecule has 4 heteroatoms. The highest BCUT2D eigenvalue weighted by Crippen LogP contribution is 2.32. The van der Waals surface area contributed by atoms with Crippen LogP contribution in [0.15, 0.2) is 36.7 Å². The minimum Gasteiger partial charge on any atom is -0.335 e. The molecule has 1 aliphatic rings. The summed E-state index contributed by atoms with van der Waals surface area (Å²) in [7, 11) is 0. The van der Waals surface area contributed by atoms with Crippen LogP contribution in [0, 0.1) is 6.92 Å². The van der Waals surface area contributed by atoms with Gasteiger partial charge in [-0.25, -0.2) is 0 Å². The molecule has 1 aliphatic heterocycles. The van der Waals surface area contributed by atoms with E-state index in [1.807, 2.05) is 24.0 Å². The Kier molecular flexibility index (Phi) is 4.27. The minimum absolute atomic E-state index is 0.219. The number of hydrogen-bond donors (Lipinski definition) is 0. The molecular formula is C18H23N3O. The molecule has 1 unspecified atom stereocenters. The molecule has 0 saturated carbocycles. The van der Waals surface area contributed by atoms with Crippen LogP contribution < -0.4 is 0 Å². The highest BCUT2D eigenvalue weighted by Gasteiger charge is 2.28. The van der Waals surface area contributed by atoms with Crippen LogP contribution in [0.1, 0.15) is 42.5 Å². The summed E-state index contributed by atoms with van der Waals surface area (Å²) in [5.41, 5.74) is 3.84. The summed E-state index contributed by atoms with van der Waals surface area (Å²) < 4.78 is 1.85. The average molecular weight is 297 g/mol. The van der Waals surface area contributed by atoms with Gasteiger partial charge in [0.05, 0.1) is 12.2 Å². The lowest BCUT2D eigenvalue weighted by Gasteiger charge is -2.37. The van der Waals surface area contributed by atoms with Crippen molar-refractivity contribution in [2.45, 2.75) is 45.7 Å². The van der Waals surface area contributed by atoms with E-state index in [-0.39, 0.29) is 11.9 Å². The van der Waals surface area contributed by atoms with E-state index in [4.69, 9.17) is 0 Å². The number of hydrogen-bond acceptors (Lipinski definition) is 2. The zero-order valence-corrected chi connectivity index (χ0v) is 13.3. The van der Waals surface area contributed by atoms with E-state index < -0.39 is 0 Å². The van der Waals surface area contributed by atoms with Crippen LogP contribution in [0.4, 0.5) is 0 Å². The van der Waals surface area contributed by atoms with Crippen molar-refractivity contribution in [2.24, 2.45) is 0 Å². The summed E-state index contributed by atoms with van der Waals surface area (Å²) in [4.78, 5) is 14.7. The van der Waals surface area contributed by atoms with Gasteiger partial charge in [0.15, 0.2) is 0 Å². The van der Waals surface area contributed by atoms with Gasteiger partial charge in [-0.1, -0.05) is 31.2 Å². The summed E-state index contributed by atoms with van der Waals surface area (Å²) in [5, 5.41) is 4.25. The number of aromatic nitrogens is 2. The normalized spacial score (nSPS) is 17.4. The van der Waals surface area contributed by atoms with Crippen LogP contribution in [0.3, 0.4) is 0 Å². The molecule has 116 valence electrons. The lowest BCUT2D eigenvalue weighted by molar-refractivity contribution is -0.134. The smallest absolute Gasteiger partial charge is 0.224 e. The molecule has 0 saturated heterocycles. The summed E-state index contributed by atoms with van der Waals surface area (Å²) in [6.07, 6.45) is 6.25. The second kappa shape index (κ2) is 6.34. The second-order valence-electron chi connectivity index (χ2n) is 5.99. The fourth-order valence-electron chi connectivity index (χ4n) is 3.33. The van der Waals surface area contributed by atoms with Gasteiger partial charge in [0.1, 0.15) is 0 Å². The van der Waals surface area contributed by atoms with E-state index in [0.29, 0.717) is 13.0 Å². The van der Waals surface area contributed by atoms with Gasteiger partial charge < -0.3 is 4.90 Å².